The quantitative estimate of drug-likeness (QED) is 0.543. The van der Waals surface area contributed by atoms with Crippen LogP contribution in [0.1, 0.15) is 19.3 Å². The lowest BCUT2D eigenvalue weighted by molar-refractivity contribution is -0.143. The largest absolute Gasteiger partial charge is 0.481 e. The van der Waals surface area contributed by atoms with Crippen molar-refractivity contribution in [3.8, 4) is 0 Å². The Labute approximate surface area is 91.2 Å². The van der Waals surface area contributed by atoms with Crippen LogP contribution in [-0.2, 0) is 14.4 Å². The van der Waals surface area contributed by atoms with Crippen molar-refractivity contribution in [1.82, 2.24) is 5.32 Å². The lowest BCUT2D eigenvalue weighted by Gasteiger charge is -2.12. The van der Waals surface area contributed by atoms with Crippen LogP contribution < -0.4 is 5.32 Å². The van der Waals surface area contributed by atoms with Crippen molar-refractivity contribution < 1.29 is 24.6 Å². The first-order valence-corrected chi connectivity index (χ1v) is 4.80. The summed E-state index contributed by atoms with van der Waals surface area (Å²) in [5.74, 6) is -2.76. The Hall–Kier alpha value is -1.30. The topological polar surface area (TPSA) is 104 Å². The third-order valence-electron chi connectivity index (χ3n) is 1.60. The molecule has 0 aromatic heterocycles. The highest BCUT2D eigenvalue weighted by atomic mass is 35.5. The van der Waals surface area contributed by atoms with Gasteiger partial charge in [-0.1, -0.05) is 0 Å². The van der Waals surface area contributed by atoms with Gasteiger partial charge < -0.3 is 15.5 Å². The highest BCUT2D eigenvalue weighted by Crippen LogP contribution is 1.99. The first kappa shape index (κ1) is 13.7. The number of nitrogens with one attached hydrogen (secondary N) is 1. The molecule has 3 N–H and O–H groups in total. The van der Waals surface area contributed by atoms with E-state index in [1.54, 1.807) is 0 Å². The molecule has 0 saturated heterocycles. The van der Waals surface area contributed by atoms with Crippen LogP contribution in [0.3, 0.4) is 0 Å². The van der Waals surface area contributed by atoms with Crippen molar-refractivity contribution in [3.63, 3.8) is 0 Å². The maximum atomic E-state index is 11.0. The van der Waals surface area contributed by atoms with Crippen molar-refractivity contribution in [2.75, 3.05) is 5.88 Å². The van der Waals surface area contributed by atoms with Gasteiger partial charge >= 0.3 is 11.9 Å². The summed E-state index contributed by atoms with van der Waals surface area (Å²) in [5.41, 5.74) is 0. The van der Waals surface area contributed by atoms with Crippen LogP contribution >= 0.6 is 11.6 Å². The molecule has 1 atom stereocenters. The van der Waals surface area contributed by atoms with E-state index in [4.69, 9.17) is 21.8 Å². The van der Waals surface area contributed by atoms with Crippen molar-refractivity contribution >= 4 is 29.4 Å². The number of hydrogen-bond acceptors (Lipinski definition) is 3. The summed E-state index contributed by atoms with van der Waals surface area (Å²) in [7, 11) is 0. The number of carboxylic acids is 2. The molecule has 0 aliphatic carbocycles. The zero-order valence-electron chi connectivity index (χ0n) is 7.90. The Bertz CT molecular complexity index is 255. The predicted octanol–water partition coefficient (Wildman–Crippen LogP) is 0.0495. The van der Waals surface area contributed by atoms with E-state index in [0.29, 0.717) is 0 Å². The Kier molecular flexibility index (Phi) is 6.44. The van der Waals surface area contributed by atoms with E-state index in [-0.39, 0.29) is 25.1 Å². The molecule has 0 fully saturated rings. The number of carbonyl (C=O) groups is 3. The van der Waals surface area contributed by atoms with Gasteiger partial charge in [0.05, 0.1) is 0 Å². The Balaban J connectivity index is 4.10. The normalized spacial score (nSPS) is 11.8. The van der Waals surface area contributed by atoms with Gasteiger partial charge in [0.2, 0.25) is 5.91 Å². The van der Waals surface area contributed by atoms with Crippen LogP contribution in [-0.4, -0.2) is 40.0 Å². The predicted molar refractivity (Wildman–Crippen MR) is 51.8 cm³/mol. The van der Waals surface area contributed by atoms with E-state index in [2.05, 4.69) is 5.32 Å². The Morgan fingerprint density at radius 2 is 1.80 bits per heavy atom. The molecule has 7 heteroatoms. The fourth-order valence-corrected chi connectivity index (χ4v) is 1.05. The second-order valence-corrected chi connectivity index (χ2v) is 3.21. The first-order valence-electron chi connectivity index (χ1n) is 4.27. The smallest absolute Gasteiger partial charge is 0.326 e. The summed E-state index contributed by atoms with van der Waals surface area (Å²) >= 11 is 5.28. The molecule has 0 radical (unpaired) electrons. The standard InChI is InChI=1S/C8H12ClNO5/c9-4-3-6(11)10-5(8(14)15)1-2-7(12)13/h5H,1-4H2,(H,10,11)(H,12,13)(H,14,15)/t5-/m0/s1. The molecule has 0 rings (SSSR count). The lowest BCUT2D eigenvalue weighted by Crippen LogP contribution is -2.41. The van der Waals surface area contributed by atoms with E-state index in [9.17, 15) is 14.4 Å². The molecule has 0 bridgehead atoms. The molecule has 0 aromatic carbocycles. The molecule has 0 unspecified atom stereocenters. The molecule has 15 heavy (non-hydrogen) atoms. The maximum Gasteiger partial charge on any atom is 0.326 e. The minimum absolute atomic E-state index is 0.0123. The molecule has 0 aliphatic rings. The summed E-state index contributed by atoms with van der Waals surface area (Å²) in [6.45, 7) is 0. The van der Waals surface area contributed by atoms with E-state index in [0.717, 1.165) is 0 Å². The summed E-state index contributed by atoms with van der Waals surface area (Å²) < 4.78 is 0. The van der Waals surface area contributed by atoms with Crippen LogP contribution in [0.5, 0.6) is 0 Å². The van der Waals surface area contributed by atoms with Crippen molar-refractivity contribution in [2.24, 2.45) is 0 Å². The molecular formula is C8H12ClNO5. The number of rotatable bonds is 7. The summed E-state index contributed by atoms with van der Waals surface area (Å²) in [4.78, 5) is 31.8. The van der Waals surface area contributed by atoms with Crippen molar-refractivity contribution in [2.45, 2.75) is 25.3 Å². The van der Waals surface area contributed by atoms with E-state index >= 15 is 0 Å². The zero-order chi connectivity index (χ0) is 11.8. The molecule has 6 nitrogen and oxygen atoms in total. The van der Waals surface area contributed by atoms with Gasteiger partial charge in [-0.15, -0.1) is 11.6 Å². The SMILES string of the molecule is O=C(O)CC[C@H](NC(=O)CCCl)C(=O)O. The third-order valence-corrected chi connectivity index (χ3v) is 1.79. The van der Waals surface area contributed by atoms with Gasteiger partial charge in [0.1, 0.15) is 6.04 Å². The molecule has 0 saturated carbocycles. The molecule has 86 valence electrons. The summed E-state index contributed by atoms with van der Waals surface area (Å²) in [6.07, 6.45) is -0.435. The zero-order valence-corrected chi connectivity index (χ0v) is 8.66. The van der Waals surface area contributed by atoms with Crippen LogP contribution in [0, 0.1) is 0 Å². The monoisotopic (exact) mass is 237 g/mol. The number of amides is 1. The Morgan fingerprint density at radius 3 is 2.20 bits per heavy atom. The van der Waals surface area contributed by atoms with Gasteiger partial charge in [-0.2, -0.15) is 0 Å². The van der Waals surface area contributed by atoms with Gasteiger partial charge in [0.15, 0.2) is 0 Å². The fourth-order valence-electron chi connectivity index (χ4n) is 0.878. The van der Waals surface area contributed by atoms with Crippen LogP contribution in [0.15, 0.2) is 0 Å². The third kappa shape index (κ3) is 6.73. The molecule has 0 aliphatic heterocycles. The highest BCUT2D eigenvalue weighted by molar-refractivity contribution is 6.18. The van der Waals surface area contributed by atoms with Gasteiger partial charge in [-0.25, -0.2) is 4.79 Å². The van der Waals surface area contributed by atoms with Gasteiger partial charge in [-0.05, 0) is 6.42 Å². The number of carboxylic acid groups (broad SMARTS) is 2. The number of carbonyl (C=O) groups excluding carboxylic acids is 1. The average molecular weight is 238 g/mol. The minimum Gasteiger partial charge on any atom is -0.481 e. The van der Waals surface area contributed by atoms with E-state index < -0.39 is 23.9 Å². The molecule has 0 spiro atoms. The second-order valence-electron chi connectivity index (χ2n) is 2.83. The van der Waals surface area contributed by atoms with E-state index in [1.165, 1.54) is 0 Å². The van der Waals surface area contributed by atoms with Crippen LogP contribution in [0.4, 0.5) is 0 Å². The van der Waals surface area contributed by atoms with Gasteiger partial charge in [0, 0.05) is 18.7 Å². The molecular weight excluding hydrogens is 226 g/mol. The number of hydrogen-bond donors (Lipinski definition) is 3. The summed E-state index contributed by atoms with van der Waals surface area (Å²) in [5, 5.41) is 19.2. The van der Waals surface area contributed by atoms with Crippen molar-refractivity contribution in [3.05, 3.63) is 0 Å². The fraction of sp³-hybridized carbons (Fsp3) is 0.625. The number of aliphatic carboxylic acids is 2. The van der Waals surface area contributed by atoms with Gasteiger partial charge in [0.25, 0.3) is 0 Å². The summed E-state index contributed by atoms with van der Waals surface area (Å²) in [6, 6.07) is -1.17. The molecule has 0 heterocycles. The number of halogens is 1. The van der Waals surface area contributed by atoms with Gasteiger partial charge in [-0.3, -0.25) is 9.59 Å². The minimum atomic E-state index is -1.25. The van der Waals surface area contributed by atoms with Crippen LogP contribution in [0.2, 0.25) is 0 Å². The first-order chi connectivity index (χ1) is 6.97. The Morgan fingerprint density at radius 1 is 1.20 bits per heavy atom. The average Bonchev–Trinajstić information content (AvgIpc) is 2.11. The second kappa shape index (κ2) is 7.05. The number of alkyl halides is 1. The highest BCUT2D eigenvalue weighted by Gasteiger charge is 2.20. The molecule has 0 aromatic rings. The lowest BCUT2D eigenvalue weighted by atomic mass is 10.1. The van der Waals surface area contributed by atoms with Crippen molar-refractivity contribution in [1.29, 1.82) is 0 Å². The van der Waals surface area contributed by atoms with E-state index in [1.807, 2.05) is 0 Å². The molecule has 1 amide bonds. The van der Waals surface area contributed by atoms with Crippen LogP contribution in [0.25, 0.3) is 0 Å². The maximum absolute atomic E-state index is 11.0.